The van der Waals surface area contributed by atoms with Gasteiger partial charge < -0.3 is 9.67 Å². The third kappa shape index (κ3) is 2.16. The molecule has 0 fully saturated rings. The molecule has 4 nitrogen and oxygen atoms in total. The molecule has 102 valence electrons. The molecule has 1 aromatic carbocycles. The highest BCUT2D eigenvalue weighted by atomic mass is 19.1. The normalized spacial score (nSPS) is 11.2. The van der Waals surface area contributed by atoms with Crippen molar-refractivity contribution < 1.29 is 9.50 Å². The molecule has 0 unspecified atom stereocenters. The van der Waals surface area contributed by atoms with Crippen molar-refractivity contribution in [1.82, 2.24) is 14.5 Å². The largest absolute Gasteiger partial charge is 0.395 e. The first-order chi connectivity index (χ1) is 9.69. The first-order valence-electron chi connectivity index (χ1n) is 6.39. The van der Waals surface area contributed by atoms with Crippen LogP contribution in [0, 0.1) is 12.7 Å². The minimum absolute atomic E-state index is 0.0245. The van der Waals surface area contributed by atoms with E-state index in [-0.39, 0.29) is 12.4 Å². The van der Waals surface area contributed by atoms with E-state index in [2.05, 4.69) is 9.97 Å². The average molecular weight is 271 g/mol. The van der Waals surface area contributed by atoms with Gasteiger partial charge in [0.15, 0.2) is 5.65 Å². The molecule has 0 atom stereocenters. The quantitative estimate of drug-likeness (QED) is 0.796. The molecule has 0 bridgehead atoms. The summed E-state index contributed by atoms with van der Waals surface area (Å²) < 4.78 is 15.2. The first-order valence-corrected chi connectivity index (χ1v) is 6.39. The predicted molar refractivity (Wildman–Crippen MR) is 74.7 cm³/mol. The number of hydrogen-bond donors (Lipinski definition) is 1. The maximum absolute atomic E-state index is 13.4. The Morgan fingerprint density at radius 2 is 2.15 bits per heavy atom. The van der Waals surface area contributed by atoms with Crippen molar-refractivity contribution >= 4 is 11.2 Å². The molecular weight excluding hydrogens is 257 g/mol. The molecular formula is C15H14FN3O. The highest BCUT2D eigenvalue weighted by Gasteiger charge is 2.13. The van der Waals surface area contributed by atoms with Crippen LogP contribution in [0.25, 0.3) is 22.6 Å². The van der Waals surface area contributed by atoms with Crippen molar-refractivity contribution in [3.05, 3.63) is 47.9 Å². The molecule has 0 aliphatic carbocycles. The standard InChI is InChI=1S/C15H14FN3O/c1-10-7-13-15(17-9-10)19(5-6-20)14(18-13)11-3-2-4-12(16)8-11/h2-4,7-9,20H,5-6H2,1H3. The minimum Gasteiger partial charge on any atom is -0.395 e. The van der Waals surface area contributed by atoms with Crippen molar-refractivity contribution in [2.24, 2.45) is 0 Å². The van der Waals surface area contributed by atoms with E-state index < -0.39 is 0 Å². The minimum atomic E-state index is -0.311. The number of pyridine rings is 1. The van der Waals surface area contributed by atoms with Crippen LogP contribution in [0.15, 0.2) is 36.5 Å². The molecule has 0 aliphatic heterocycles. The van der Waals surface area contributed by atoms with Crippen LogP contribution in [0.3, 0.4) is 0 Å². The van der Waals surface area contributed by atoms with E-state index in [4.69, 9.17) is 0 Å². The van der Waals surface area contributed by atoms with Gasteiger partial charge in [-0.2, -0.15) is 0 Å². The summed E-state index contributed by atoms with van der Waals surface area (Å²) in [7, 11) is 0. The highest BCUT2D eigenvalue weighted by molar-refractivity contribution is 5.77. The summed E-state index contributed by atoms with van der Waals surface area (Å²) >= 11 is 0. The SMILES string of the molecule is Cc1cnc2c(c1)nc(-c1cccc(F)c1)n2CCO. The summed E-state index contributed by atoms with van der Waals surface area (Å²) in [5.41, 5.74) is 3.13. The number of fused-ring (bicyclic) bond motifs is 1. The van der Waals surface area contributed by atoms with Gasteiger partial charge in [0.05, 0.1) is 6.61 Å². The summed E-state index contributed by atoms with van der Waals surface area (Å²) in [6.45, 7) is 2.29. The fourth-order valence-corrected chi connectivity index (χ4v) is 2.27. The molecule has 0 saturated carbocycles. The Morgan fingerprint density at radius 3 is 2.90 bits per heavy atom. The van der Waals surface area contributed by atoms with E-state index in [1.807, 2.05) is 17.6 Å². The Labute approximate surface area is 115 Å². The van der Waals surface area contributed by atoms with Gasteiger partial charge in [-0.05, 0) is 30.7 Å². The molecule has 1 N–H and O–H groups in total. The van der Waals surface area contributed by atoms with Gasteiger partial charge in [0.25, 0.3) is 0 Å². The molecule has 5 heteroatoms. The average Bonchev–Trinajstić information content (AvgIpc) is 2.77. The lowest BCUT2D eigenvalue weighted by molar-refractivity contribution is 0.278. The van der Waals surface area contributed by atoms with Crippen LogP contribution in [0.5, 0.6) is 0 Å². The van der Waals surface area contributed by atoms with Gasteiger partial charge in [0.1, 0.15) is 17.2 Å². The summed E-state index contributed by atoms with van der Waals surface area (Å²) in [5, 5.41) is 9.23. The maximum Gasteiger partial charge on any atom is 0.160 e. The summed E-state index contributed by atoms with van der Waals surface area (Å²) in [6.07, 6.45) is 1.76. The Bertz CT molecular complexity index is 767. The van der Waals surface area contributed by atoms with Crippen LogP contribution >= 0.6 is 0 Å². The monoisotopic (exact) mass is 271 g/mol. The molecule has 20 heavy (non-hydrogen) atoms. The van der Waals surface area contributed by atoms with Crippen LogP contribution in [-0.4, -0.2) is 26.2 Å². The number of imidazole rings is 1. The van der Waals surface area contributed by atoms with E-state index in [0.717, 1.165) is 11.1 Å². The number of rotatable bonds is 3. The topological polar surface area (TPSA) is 50.9 Å². The highest BCUT2D eigenvalue weighted by Crippen LogP contribution is 2.24. The molecule has 2 aromatic heterocycles. The smallest absolute Gasteiger partial charge is 0.160 e. The van der Waals surface area contributed by atoms with Crippen molar-refractivity contribution in [3.63, 3.8) is 0 Å². The fraction of sp³-hybridized carbons (Fsp3) is 0.200. The third-order valence-electron chi connectivity index (χ3n) is 3.13. The lowest BCUT2D eigenvalue weighted by Gasteiger charge is -2.06. The van der Waals surface area contributed by atoms with E-state index in [1.165, 1.54) is 12.1 Å². The fourth-order valence-electron chi connectivity index (χ4n) is 2.27. The van der Waals surface area contributed by atoms with Gasteiger partial charge >= 0.3 is 0 Å². The summed E-state index contributed by atoms with van der Waals surface area (Å²) in [4.78, 5) is 8.89. The van der Waals surface area contributed by atoms with Gasteiger partial charge in [0, 0.05) is 18.3 Å². The number of aliphatic hydroxyl groups excluding tert-OH is 1. The first kappa shape index (κ1) is 12.7. The Morgan fingerprint density at radius 1 is 1.30 bits per heavy atom. The lowest BCUT2D eigenvalue weighted by Crippen LogP contribution is -2.05. The van der Waals surface area contributed by atoms with Crippen LogP contribution in [-0.2, 0) is 6.54 Å². The van der Waals surface area contributed by atoms with Gasteiger partial charge in [0.2, 0.25) is 0 Å². The zero-order valence-corrected chi connectivity index (χ0v) is 11.0. The van der Waals surface area contributed by atoms with E-state index >= 15 is 0 Å². The predicted octanol–water partition coefficient (Wildman–Crippen LogP) is 2.54. The van der Waals surface area contributed by atoms with Crippen molar-refractivity contribution in [1.29, 1.82) is 0 Å². The van der Waals surface area contributed by atoms with Crippen molar-refractivity contribution in [2.45, 2.75) is 13.5 Å². The summed E-state index contributed by atoms with van der Waals surface area (Å²) in [5.74, 6) is 0.306. The maximum atomic E-state index is 13.4. The van der Waals surface area contributed by atoms with Crippen LogP contribution in [0.2, 0.25) is 0 Å². The molecule has 0 spiro atoms. The Kier molecular flexibility index (Phi) is 3.20. The molecule has 3 aromatic rings. The van der Waals surface area contributed by atoms with Gasteiger partial charge in [-0.3, -0.25) is 0 Å². The molecule has 2 heterocycles. The van der Waals surface area contributed by atoms with Crippen LogP contribution in [0.1, 0.15) is 5.56 Å². The second-order valence-corrected chi connectivity index (χ2v) is 4.68. The van der Waals surface area contributed by atoms with Gasteiger partial charge in [-0.1, -0.05) is 12.1 Å². The van der Waals surface area contributed by atoms with Crippen molar-refractivity contribution in [2.75, 3.05) is 6.61 Å². The second-order valence-electron chi connectivity index (χ2n) is 4.68. The van der Waals surface area contributed by atoms with Crippen molar-refractivity contribution in [3.8, 4) is 11.4 Å². The number of halogens is 1. The van der Waals surface area contributed by atoms with Crippen LogP contribution in [0.4, 0.5) is 4.39 Å². The summed E-state index contributed by atoms with van der Waals surface area (Å²) in [6, 6.07) is 8.20. The lowest BCUT2D eigenvalue weighted by atomic mass is 10.2. The Balaban J connectivity index is 2.25. The van der Waals surface area contributed by atoms with Crippen LogP contribution < -0.4 is 0 Å². The molecule has 3 rings (SSSR count). The zero-order chi connectivity index (χ0) is 14.1. The number of nitrogens with zero attached hydrogens (tertiary/aromatic N) is 3. The molecule has 0 saturated heterocycles. The number of aliphatic hydroxyl groups is 1. The molecule has 0 radical (unpaired) electrons. The van der Waals surface area contributed by atoms with E-state index in [9.17, 15) is 9.50 Å². The van der Waals surface area contributed by atoms with Gasteiger partial charge in [-0.25, -0.2) is 14.4 Å². The number of aryl methyl sites for hydroxylation is 1. The third-order valence-corrected chi connectivity index (χ3v) is 3.13. The Hall–Kier alpha value is -2.27. The zero-order valence-electron chi connectivity index (χ0n) is 11.0. The number of hydrogen-bond acceptors (Lipinski definition) is 3. The van der Waals surface area contributed by atoms with E-state index in [1.54, 1.807) is 18.3 Å². The molecule has 0 amide bonds. The molecule has 0 aliphatic rings. The van der Waals surface area contributed by atoms with Gasteiger partial charge in [-0.15, -0.1) is 0 Å². The number of benzene rings is 1. The van der Waals surface area contributed by atoms with E-state index in [0.29, 0.717) is 23.6 Å². The number of aromatic nitrogens is 3. The second kappa shape index (κ2) is 5.02.